The van der Waals surface area contributed by atoms with Crippen LogP contribution in [0.5, 0.6) is 0 Å². The Balaban J connectivity index is 1.23. The van der Waals surface area contributed by atoms with Crippen LogP contribution in [-0.2, 0) is 19.5 Å². The molecule has 3 aromatic rings. The fourth-order valence-corrected chi connectivity index (χ4v) is 3.90. The van der Waals surface area contributed by atoms with E-state index in [9.17, 15) is 0 Å². The van der Waals surface area contributed by atoms with Gasteiger partial charge in [0.05, 0.1) is 5.69 Å². The number of nitrogens with one attached hydrogen (secondary N) is 1. The highest BCUT2D eigenvalue weighted by Crippen LogP contribution is 2.25. The Bertz CT molecular complexity index is 935. The molecule has 7 heteroatoms. The second kappa shape index (κ2) is 7.52. The topological polar surface area (TPSA) is 70.1 Å². The number of nitrogens with zero attached hydrogens (tertiary/aromatic N) is 6. The van der Waals surface area contributed by atoms with Crippen LogP contribution in [0.4, 0.5) is 11.8 Å². The van der Waals surface area contributed by atoms with E-state index in [1.54, 1.807) is 6.33 Å². The van der Waals surface area contributed by atoms with E-state index in [-0.39, 0.29) is 0 Å². The number of benzene rings is 1. The molecule has 7 nitrogen and oxygen atoms in total. The molecule has 0 amide bonds. The van der Waals surface area contributed by atoms with Crippen molar-refractivity contribution >= 4 is 11.8 Å². The maximum atomic E-state index is 4.61. The molecule has 142 valence electrons. The van der Waals surface area contributed by atoms with Crippen molar-refractivity contribution in [2.24, 2.45) is 0 Å². The summed E-state index contributed by atoms with van der Waals surface area (Å²) in [5, 5.41) is 3.36. The minimum absolute atomic E-state index is 0.811. The molecule has 0 bridgehead atoms. The average Bonchev–Trinajstić information content (AvgIpc) is 3.24. The summed E-state index contributed by atoms with van der Waals surface area (Å²) in [6.07, 6.45) is 6.44. The molecule has 2 aliphatic rings. The average molecular weight is 373 g/mol. The third-order valence-corrected chi connectivity index (χ3v) is 5.41. The number of hydrogen-bond acceptors (Lipinski definition) is 7. The fraction of sp³-hybridized carbons (Fsp3) is 0.333. The standard InChI is InChI=1S/C21H23N7/c1-2-4-16(5-3-1)10-17-11-23-21(24-12-17)28-8-6-27(7-9-28)20-18-13-22-14-19(18)25-15-26-20/h1-5,11-12,15,22H,6-10,13-14H2. The predicted molar refractivity (Wildman–Crippen MR) is 108 cm³/mol. The molecule has 5 rings (SSSR count). The zero-order valence-electron chi connectivity index (χ0n) is 15.8. The van der Waals surface area contributed by atoms with Crippen LogP contribution in [0.1, 0.15) is 22.4 Å². The van der Waals surface area contributed by atoms with Crippen LogP contribution in [0.3, 0.4) is 0 Å². The van der Waals surface area contributed by atoms with Gasteiger partial charge in [-0.05, 0) is 11.1 Å². The van der Waals surface area contributed by atoms with Crippen molar-refractivity contribution in [2.75, 3.05) is 36.0 Å². The van der Waals surface area contributed by atoms with E-state index in [2.05, 4.69) is 59.3 Å². The van der Waals surface area contributed by atoms with Gasteiger partial charge < -0.3 is 15.1 Å². The van der Waals surface area contributed by atoms with E-state index in [0.717, 1.165) is 68.7 Å². The molecule has 0 unspecified atom stereocenters. The SMILES string of the molecule is c1ccc(Cc2cnc(N3CCN(c4ncnc5c4CNC5)CC3)nc2)cc1. The normalized spacial score (nSPS) is 16.3. The summed E-state index contributed by atoms with van der Waals surface area (Å²) in [7, 11) is 0. The van der Waals surface area contributed by atoms with E-state index >= 15 is 0 Å². The number of anilines is 2. The summed E-state index contributed by atoms with van der Waals surface area (Å²) >= 11 is 0. The Kier molecular flexibility index (Phi) is 4.58. The number of hydrogen-bond donors (Lipinski definition) is 1. The van der Waals surface area contributed by atoms with Crippen molar-refractivity contribution in [2.45, 2.75) is 19.5 Å². The first-order valence-corrected chi connectivity index (χ1v) is 9.75. The predicted octanol–water partition coefficient (Wildman–Crippen LogP) is 1.79. The minimum atomic E-state index is 0.811. The minimum Gasteiger partial charge on any atom is -0.353 e. The fourth-order valence-electron chi connectivity index (χ4n) is 3.90. The highest BCUT2D eigenvalue weighted by Gasteiger charge is 2.25. The lowest BCUT2D eigenvalue weighted by Gasteiger charge is -2.36. The first-order valence-electron chi connectivity index (χ1n) is 9.75. The summed E-state index contributed by atoms with van der Waals surface area (Å²) < 4.78 is 0. The monoisotopic (exact) mass is 373 g/mol. The van der Waals surface area contributed by atoms with Gasteiger partial charge in [-0.15, -0.1) is 0 Å². The maximum absolute atomic E-state index is 4.61. The van der Waals surface area contributed by atoms with Crippen molar-refractivity contribution in [3.8, 4) is 0 Å². The Morgan fingerprint density at radius 1 is 0.786 bits per heavy atom. The van der Waals surface area contributed by atoms with E-state index in [1.165, 1.54) is 11.1 Å². The van der Waals surface area contributed by atoms with Crippen LogP contribution in [0.25, 0.3) is 0 Å². The van der Waals surface area contributed by atoms with Gasteiger partial charge in [-0.25, -0.2) is 19.9 Å². The van der Waals surface area contributed by atoms with Crippen LogP contribution in [0.15, 0.2) is 49.1 Å². The number of aromatic nitrogens is 4. The van der Waals surface area contributed by atoms with Gasteiger partial charge in [0.1, 0.15) is 12.1 Å². The number of piperazine rings is 1. The van der Waals surface area contributed by atoms with Crippen LogP contribution in [-0.4, -0.2) is 46.1 Å². The van der Waals surface area contributed by atoms with Gasteiger partial charge in [0.15, 0.2) is 0 Å². The van der Waals surface area contributed by atoms with Gasteiger partial charge in [-0.2, -0.15) is 0 Å². The third kappa shape index (κ3) is 3.41. The molecule has 2 aliphatic heterocycles. The second-order valence-corrected chi connectivity index (χ2v) is 7.25. The lowest BCUT2D eigenvalue weighted by Crippen LogP contribution is -2.47. The molecule has 0 atom stereocenters. The van der Waals surface area contributed by atoms with Crippen LogP contribution < -0.4 is 15.1 Å². The molecule has 0 radical (unpaired) electrons. The molecule has 0 saturated carbocycles. The van der Waals surface area contributed by atoms with Gasteiger partial charge >= 0.3 is 0 Å². The largest absolute Gasteiger partial charge is 0.353 e. The summed E-state index contributed by atoms with van der Waals surface area (Å²) in [6.45, 7) is 5.32. The number of fused-ring (bicyclic) bond motifs is 1. The molecule has 4 heterocycles. The molecule has 1 fully saturated rings. The first kappa shape index (κ1) is 17.1. The van der Waals surface area contributed by atoms with Gasteiger partial charge in [0.2, 0.25) is 5.95 Å². The van der Waals surface area contributed by atoms with E-state index < -0.39 is 0 Å². The Hall–Kier alpha value is -3.06. The molecular formula is C21H23N7. The smallest absolute Gasteiger partial charge is 0.225 e. The van der Waals surface area contributed by atoms with E-state index in [0.29, 0.717) is 0 Å². The van der Waals surface area contributed by atoms with Crippen LogP contribution in [0.2, 0.25) is 0 Å². The zero-order valence-corrected chi connectivity index (χ0v) is 15.8. The highest BCUT2D eigenvalue weighted by molar-refractivity contribution is 5.51. The molecule has 1 N–H and O–H groups in total. The molecule has 0 aliphatic carbocycles. The summed E-state index contributed by atoms with van der Waals surface area (Å²) in [6, 6.07) is 10.4. The highest BCUT2D eigenvalue weighted by atomic mass is 15.3. The van der Waals surface area contributed by atoms with Crippen LogP contribution >= 0.6 is 0 Å². The van der Waals surface area contributed by atoms with E-state index in [1.807, 2.05) is 18.5 Å². The third-order valence-electron chi connectivity index (χ3n) is 5.41. The zero-order chi connectivity index (χ0) is 18.8. The molecular weight excluding hydrogens is 350 g/mol. The van der Waals surface area contributed by atoms with Crippen molar-refractivity contribution in [1.29, 1.82) is 0 Å². The number of rotatable bonds is 4. The molecule has 2 aromatic heterocycles. The quantitative estimate of drug-likeness (QED) is 0.748. The van der Waals surface area contributed by atoms with Gasteiger partial charge in [0.25, 0.3) is 0 Å². The molecule has 0 spiro atoms. The Labute approximate surface area is 164 Å². The van der Waals surface area contributed by atoms with Crippen molar-refractivity contribution in [1.82, 2.24) is 25.3 Å². The van der Waals surface area contributed by atoms with Crippen molar-refractivity contribution < 1.29 is 0 Å². The Morgan fingerprint density at radius 3 is 2.32 bits per heavy atom. The van der Waals surface area contributed by atoms with Gasteiger partial charge in [-0.1, -0.05) is 30.3 Å². The Morgan fingerprint density at radius 2 is 1.54 bits per heavy atom. The second-order valence-electron chi connectivity index (χ2n) is 7.25. The molecule has 1 aromatic carbocycles. The summed E-state index contributed by atoms with van der Waals surface area (Å²) in [5.41, 5.74) is 4.79. The molecule has 28 heavy (non-hydrogen) atoms. The summed E-state index contributed by atoms with van der Waals surface area (Å²) in [5.74, 6) is 1.89. The first-order chi connectivity index (χ1) is 13.9. The van der Waals surface area contributed by atoms with Crippen molar-refractivity contribution in [3.63, 3.8) is 0 Å². The van der Waals surface area contributed by atoms with Gasteiger partial charge in [-0.3, -0.25) is 0 Å². The lowest BCUT2D eigenvalue weighted by atomic mass is 10.1. The van der Waals surface area contributed by atoms with Gasteiger partial charge in [0, 0.05) is 63.6 Å². The van der Waals surface area contributed by atoms with Crippen LogP contribution in [0, 0.1) is 0 Å². The van der Waals surface area contributed by atoms with E-state index in [4.69, 9.17) is 0 Å². The summed E-state index contributed by atoms with van der Waals surface area (Å²) in [4.78, 5) is 22.8. The lowest BCUT2D eigenvalue weighted by molar-refractivity contribution is 0.630. The maximum Gasteiger partial charge on any atom is 0.225 e. The van der Waals surface area contributed by atoms with Crippen molar-refractivity contribution in [3.05, 3.63) is 71.4 Å². The molecule has 1 saturated heterocycles.